The first kappa shape index (κ1) is 11.5. The predicted molar refractivity (Wildman–Crippen MR) is 69.8 cm³/mol. The topological polar surface area (TPSA) is 86.0 Å². The van der Waals surface area contributed by atoms with Crippen molar-refractivity contribution < 1.29 is 9.59 Å². The lowest BCUT2D eigenvalue weighted by atomic mass is 10.1. The number of aromatic nitrogens is 2. The summed E-state index contributed by atoms with van der Waals surface area (Å²) in [5.74, 6) is -0.881. The molecule has 1 aliphatic rings. The van der Waals surface area contributed by atoms with Gasteiger partial charge in [-0.2, -0.15) is 0 Å². The van der Waals surface area contributed by atoms with E-state index in [1.807, 2.05) is 0 Å². The number of nitrogens with one attached hydrogen (secondary N) is 2. The van der Waals surface area contributed by atoms with E-state index in [2.05, 4.69) is 9.97 Å². The van der Waals surface area contributed by atoms with E-state index >= 15 is 0 Å². The summed E-state index contributed by atoms with van der Waals surface area (Å²) in [7, 11) is 0. The highest BCUT2D eigenvalue weighted by Gasteiger charge is 2.36. The van der Waals surface area contributed by atoms with Gasteiger partial charge in [-0.1, -0.05) is 12.1 Å². The van der Waals surface area contributed by atoms with Gasteiger partial charge in [-0.25, -0.2) is 4.90 Å². The molecule has 1 aromatic heterocycles. The van der Waals surface area contributed by atoms with Gasteiger partial charge < -0.3 is 4.98 Å². The number of imide groups is 1. The predicted octanol–water partition coefficient (Wildman–Crippen LogP) is 1.23. The summed E-state index contributed by atoms with van der Waals surface area (Å²) in [6, 6.07) is 7.60. The van der Waals surface area contributed by atoms with Gasteiger partial charge in [-0.3, -0.25) is 19.4 Å². The highest BCUT2D eigenvalue weighted by Crippen LogP contribution is 2.25. The molecule has 7 heteroatoms. The second kappa shape index (κ2) is 3.99. The van der Waals surface area contributed by atoms with Gasteiger partial charge in [0.1, 0.15) is 5.82 Å². The Bertz CT molecular complexity index is 758. The van der Waals surface area contributed by atoms with E-state index in [1.165, 1.54) is 0 Å². The molecule has 0 saturated heterocycles. The average Bonchev–Trinajstić information content (AvgIpc) is 2.61. The monoisotopic (exact) mass is 273 g/mol. The fraction of sp³-hybridized carbons (Fsp3) is 0. The number of nitrogens with zero attached hydrogens (tertiary/aromatic N) is 1. The van der Waals surface area contributed by atoms with Crippen molar-refractivity contribution in [1.29, 1.82) is 0 Å². The maximum Gasteiger partial charge on any atom is 0.267 e. The van der Waals surface area contributed by atoms with Gasteiger partial charge in [-0.15, -0.1) is 0 Å². The van der Waals surface area contributed by atoms with Crippen molar-refractivity contribution in [3.63, 3.8) is 0 Å². The van der Waals surface area contributed by atoms with Crippen LogP contribution < -0.4 is 10.5 Å². The minimum Gasteiger partial charge on any atom is -0.318 e. The van der Waals surface area contributed by atoms with Crippen molar-refractivity contribution in [2.45, 2.75) is 0 Å². The van der Waals surface area contributed by atoms with Crippen LogP contribution in [-0.4, -0.2) is 21.8 Å². The molecule has 19 heavy (non-hydrogen) atoms. The number of hydrogen-bond acceptors (Lipinski definition) is 4. The second-order valence-electron chi connectivity index (χ2n) is 3.96. The Morgan fingerprint density at radius 3 is 2.05 bits per heavy atom. The summed E-state index contributed by atoms with van der Waals surface area (Å²) in [4.78, 5) is 41.6. The Kier molecular flexibility index (Phi) is 2.42. The molecular formula is C12H7N3O3S. The number of benzene rings is 1. The zero-order chi connectivity index (χ0) is 13.6. The van der Waals surface area contributed by atoms with Gasteiger partial charge in [0.25, 0.3) is 17.4 Å². The normalized spacial score (nSPS) is 13.8. The number of fused-ring (bicyclic) bond motifs is 1. The number of H-pyrrole nitrogens is 2. The fourth-order valence-corrected chi connectivity index (χ4v) is 2.19. The first-order valence-corrected chi connectivity index (χ1v) is 5.80. The summed E-state index contributed by atoms with van der Waals surface area (Å²) < 4.78 is 0.0547. The zero-order valence-corrected chi connectivity index (χ0v) is 10.3. The minimum atomic E-state index is -0.477. The Balaban J connectivity index is 2.19. The van der Waals surface area contributed by atoms with Crippen LogP contribution in [0.3, 0.4) is 0 Å². The highest BCUT2D eigenvalue weighted by atomic mass is 32.1. The van der Waals surface area contributed by atoms with E-state index < -0.39 is 17.4 Å². The van der Waals surface area contributed by atoms with Gasteiger partial charge in [0, 0.05) is 6.07 Å². The van der Waals surface area contributed by atoms with Crippen LogP contribution in [-0.2, 0) is 0 Å². The van der Waals surface area contributed by atoms with Crippen molar-refractivity contribution >= 4 is 29.9 Å². The van der Waals surface area contributed by atoms with Crippen molar-refractivity contribution in [3.05, 3.63) is 56.6 Å². The molecule has 2 aromatic rings. The van der Waals surface area contributed by atoms with Crippen LogP contribution in [0.25, 0.3) is 0 Å². The van der Waals surface area contributed by atoms with Crippen LogP contribution in [0.15, 0.2) is 35.1 Å². The lowest BCUT2D eigenvalue weighted by molar-refractivity contribution is 0.0925. The summed E-state index contributed by atoms with van der Waals surface area (Å²) in [5, 5.41) is 0. The van der Waals surface area contributed by atoms with Crippen LogP contribution in [0.5, 0.6) is 0 Å². The Hall–Kier alpha value is -2.54. The number of aromatic amines is 2. The number of carbonyl (C=O) groups is 2. The summed E-state index contributed by atoms with van der Waals surface area (Å²) in [6.07, 6.45) is 0. The Morgan fingerprint density at radius 1 is 0.947 bits per heavy atom. The summed E-state index contributed by atoms with van der Waals surface area (Å²) >= 11 is 4.83. The maximum atomic E-state index is 12.2. The van der Waals surface area contributed by atoms with E-state index in [0.717, 1.165) is 11.0 Å². The van der Waals surface area contributed by atoms with Gasteiger partial charge in [0.2, 0.25) is 0 Å². The lowest BCUT2D eigenvalue weighted by Crippen LogP contribution is -2.31. The smallest absolute Gasteiger partial charge is 0.267 e. The van der Waals surface area contributed by atoms with E-state index in [-0.39, 0.29) is 10.6 Å². The first-order valence-electron chi connectivity index (χ1n) is 5.39. The van der Waals surface area contributed by atoms with Crippen molar-refractivity contribution in [2.75, 3.05) is 4.90 Å². The molecular weight excluding hydrogens is 266 g/mol. The Labute approximate surface area is 111 Å². The molecule has 0 unspecified atom stereocenters. The SMILES string of the molecule is O=C1c2ccccc2C(=O)N1c1cc(=O)[nH]c(=S)[nH]1. The standard InChI is InChI=1S/C12H7N3O3S/c16-9-5-8(13-12(19)14-9)15-10(17)6-3-1-2-4-7(6)11(15)18/h1-5H,(H2,13,14,16,19). The number of anilines is 1. The second-order valence-corrected chi connectivity index (χ2v) is 4.37. The van der Waals surface area contributed by atoms with E-state index in [1.54, 1.807) is 24.3 Å². The molecule has 2 N–H and O–H groups in total. The van der Waals surface area contributed by atoms with Crippen LogP contribution in [0.4, 0.5) is 5.82 Å². The highest BCUT2D eigenvalue weighted by molar-refractivity contribution is 7.71. The molecule has 2 heterocycles. The molecule has 6 nitrogen and oxygen atoms in total. The van der Waals surface area contributed by atoms with Crippen LogP contribution in [0.1, 0.15) is 20.7 Å². The van der Waals surface area contributed by atoms with Crippen molar-refractivity contribution in [2.24, 2.45) is 0 Å². The summed E-state index contributed by atoms with van der Waals surface area (Å²) in [6.45, 7) is 0. The van der Waals surface area contributed by atoms with E-state index in [0.29, 0.717) is 11.1 Å². The van der Waals surface area contributed by atoms with Crippen LogP contribution >= 0.6 is 12.2 Å². The Morgan fingerprint density at radius 2 is 1.53 bits per heavy atom. The third kappa shape index (κ3) is 1.71. The molecule has 0 saturated carbocycles. The molecule has 1 aliphatic heterocycles. The molecule has 3 rings (SSSR count). The van der Waals surface area contributed by atoms with Crippen LogP contribution in [0.2, 0.25) is 0 Å². The molecule has 94 valence electrons. The molecule has 2 amide bonds. The molecule has 1 aromatic carbocycles. The lowest BCUT2D eigenvalue weighted by Gasteiger charge is -2.12. The molecule has 0 aliphatic carbocycles. The van der Waals surface area contributed by atoms with Crippen LogP contribution in [0, 0.1) is 4.77 Å². The van der Waals surface area contributed by atoms with Crippen molar-refractivity contribution in [1.82, 2.24) is 9.97 Å². The number of carbonyl (C=O) groups excluding carboxylic acids is 2. The molecule has 0 fully saturated rings. The van der Waals surface area contributed by atoms with Crippen molar-refractivity contribution in [3.8, 4) is 0 Å². The summed E-state index contributed by atoms with van der Waals surface area (Å²) in [5.41, 5.74) is 0.148. The maximum absolute atomic E-state index is 12.2. The van der Waals surface area contributed by atoms with Gasteiger partial charge >= 0.3 is 0 Å². The number of amides is 2. The van der Waals surface area contributed by atoms with E-state index in [9.17, 15) is 14.4 Å². The molecule has 0 atom stereocenters. The largest absolute Gasteiger partial charge is 0.318 e. The van der Waals surface area contributed by atoms with E-state index in [4.69, 9.17) is 12.2 Å². The fourth-order valence-electron chi connectivity index (χ4n) is 1.98. The molecule has 0 radical (unpaired) electrons. The zero-order valence-electron chi connectivity index (χ0n) is 9.47. The quantitative estimate of drug-likeness (QED) is 0.604. The first-order chi connectivity index (χ1) is 9.08. The average molecular weight is 273 g/mol. The van der Waals surface area contributed by atoms with Gasteiger partial charge in [-0.05, 0) is 24.4 Å². The minimum absolute atomic E-state index is 0.0547. The number of hydrogen-bond donors (Lipinski definition) is 2. The third-order valence-corrected chi connectivity index (χ3v) is 2.99. The molecule has 0 bridgehead atoms. The third-order valence-electron chi connectivity index (χ3n) is 2.78. The van der Waals surface area contributed by atoms with Gasteiger partial charge in [0.05, 0.1) is 11.1 Å². The molecule has 0 spiro atoms. The van der Waals surface area contributed by atoms with Gasteiger partial charge in [0.15, 0.2) is 4.77 Å². The number of rotatable bonds is 1.